The molecule has 3 rings (SSSR count). The van der Waals surface area contributed by atoms with E-state index in [0.717, 1.165) is 31.2 Å². The van der Waals surface area contributed by atoms with Gasteiger partial charge in [0.25, 0.3) is 0 Å². The van der Waals surface area contributed by atoms with E-state index in [2.05, 4.69) is 36.5 Å². The van der Waals surface area contributed by atoms with Gasteiger partial charge in [-0.1, -0.05) is 44.4 Å². The fourth-order valence-electron chi connectivity index (χ4n) is 4.18. The summed E-state index contributed by atoms with van der Waals surface area (Å²) in [5.74, 6) is 2.60. The molecule has 2 nitrogen and oxygen atoms in total. The van der Waals surface area contributed by atoms with Gasteiger partial charge in [-0.15, -0.1) is 0 Å². The topological polar surface area (TPSA) is 21.3 Å². The number of para-hydroxylation sites is 1. The van der Waals surface area contributed by atoms with Crippen molar-refractivity contribution in [2.45, 2.75) is 63.8 Å². The summed E-state index contributed by atoms with van der Waals surface area (Å²) in [6, 6.07) is 9.31. The average molecular weight is 287 g/mol. The first-order valence-corrected chi connectivity index (χ1v) is 8.85. The summed E-state index contributed by atoms with van der Waals surface area (Å²) in [4.78, 5) is 0. The van der Waals surface area contributed by atoms with Crippen molar-refractivity contribution in [2.75, 3.05) is 13.2 Å². The van der Waals surface area contributed by atoms with E-state index in [1.165, 1.54) is 44.1 Å². The molecule has 1 aliphatic carbocycles. The molecule has 2 atom stereocenters. The van der Waals surface area contributed by atoms with E-state index in [1.807, 2.05) is 0 Å². The van der Waals surface area contributed by atoms with Gasteiger partial charge >= 0.3 is 0 Å². The highest BCUT2D eigenvalue weighted by atomic mass is 16.5. The van der Waals surface area contributed by atoms with Gasteiger partial charge in [0.2, 0.25) is 0 Å². The predicted octanol–water partition coefficient (Wildman–Crippen LogP) is 4.50. The van der Waals surface area contributed by atoms with E-state index in [-0.39, 0.29) is 0 Å². The lowest BCUT2D eigenvalue weighted by molar-refractivity contribution is 0.192. The molecule has 0 saturated heterocycles. The minimum absolute atomic E-state index is 0.629. The third kappa shape index (κ3) is 3.42. The number of hydrogen-bond acceptors (Lipinski definition) is 2. The normalized spacial score (nSPS) is 24.1. The number of rotatable bonds is 5. The molecule has 1 aromatic rings. The molecule has 116 valence electrons. The van der Waals surface area contributed by atoms with Gasteiger partial charge in [0.05, 0.1) is 6.61 Å². The Balaban J connectivity index is 1.82. The molecule has 0 radical (unpaired) electrons. The van der Waals surface area contributed by atoms with Crippen LogP contribution in [0.25, 0.3) is 0 Å². The van der Waals surface area contributed by atoms with Crippen molar-refractivity contribution >= 4 is 0 Å². The van der Waals surface area contributed by atoms with Crippen molar-refractivity contribution in [1.82, 2.24) is 5.32 Å². The Morgan fingerprint density at radius 1 is 1.14 bits per heavy atom. The van der Waals surface area contributed by atoms with Gasteiger partial charge in [0.1, 0.15) is 5.75 Å². The number of hydrogen-bond donors (Lipinski definition) is 1. The molecule has 2 unspecified atom stereocenters. The van der Waals surface area contributed by atoms with Crippen LogP contribution in [0.5, 0.6) is 5.75 Å². The van der Waals surface area contributed by atoms with E-state index in [4.69, 9.17) is 4.74 Å². The molecule has 2 aliphatic rings. The predicted molar refractivity (Wildman–Crippen MR) is 88.0 cm³/mol. The van der Waals surface area contributed by atoms with Gasteiger partial charge < -0.3 is 10.1 Å². The van der Waals surface area contributed by atoms with E-state index in [0.29, 0.717) is 12.0 Å². The standard InChI is InChI=1S/C19H29NO/c1-2-13-20-19(15-8-4-3-5-9-15)17-12-14-21-18-11-7-6-10-16(17)18/h6-7,10-11,15,17,19-20H,2-5,8-9,12-14H2,1H3. The maximum atomic E-state index is 5.87. The molecular weight excluding hydrogens is 258 g/mol. The summed E-state index contributed by atoms with van der Waals surface area (Å²) < 4.78 is 5.87. The molecule has 0 bridgehead atoms. The Kier molecular flexibility index (Phi) is 5.18. The zero-order valence-corrected chi connectivity index (χ0v) is 13.3. The summed E-state index contributed by atoms with van der Waals surface area (Å²) >= 11 is 0. The Morgan fingerprint density at radius 3 is 2.76 bits per heavy atom. The van der Waals surface area contributed by atoms with Crippen LogP contribution in [0, 0.1) is 5.92 Å². The highest BCUT2D eigenvalue weighted by molar-refractivity contribution is 5.38. The molecule has 21 heavy (non-hydrogen) atoms. The molecule has 1 heterocycles. The quantitative estimate of drug-likeness (QED) is 0.861. The van der Waals surface area contributed by atoms with Crippen LogP contribution < -0.4 is 10.1 Å². The van der Waals surface area contributed by atoms with Crippen molar-refractivity contribution in [1.29, 1.82) is 0 Å². The second kappa shape index (κ2) is 7.31. The molecule has 1 aromatic carbocycles. The molecule has 1 fully saturated rings. The lowest BCUT2D eigenvalue weighted by Crippen LogP contribution is -2.43. The maximum Gasteiger partial charge on any atom is 0.122 e. The molecular formula is C19H29NO. The molecule has 0 amide bonds. The van der Waals surface area contributed by atoms with Crippen molar-refractivity contribution in [3.05, 3.63) is 29.8 Å². The van der Waals surface area contributed by atoms with E-state index in [9.17, 15) is 0 Å². The fraction of sp³-hybridized carbons (Fsp3) is 0.684. The Morgan fingerprint density at radius 2 is 1.95 bits per heavy atom. The largest absolute Gasteiger partial charge is 0.493 e. The highest BCUT2D eigenvalue weighted by Crippen LogP contribution is 2.40. The van der Waals surface area contributed by atoms with Crippen LogP contribution in [0.2, 0.25) is 0 Å². The maximum absolute atomic E-state index is 5.87. The van der Waals surface area contributed by atoms with Crippen LogP contribution in [-0.4, -0.2) is 19.2 Å². The van der Waals surface area contributed by atoms with E-state index in [1.54, 1.807) is 0 Å². The van der Waals surface area contributed by atoms with Crippen molar-refractivity contribution < 1.29 is 4.74 Å². The minimum Gasteiger partial charge on any atom is -0.493 e. The number of benzene rings is 1. The zero-order valence-electron chi connectivity index (χ0n) is 13.3. The summed E-state index contributed by atoms with van der Waals surface area (Å²) in [5, 5.41) is 3.89. The zero-order chi connectivity index (χ0) is 14.5. The van der Waals surface area contributed by atoms with Gasteiger partial charge in [-0.2, -0.15) is 0 Å². The smallest absolute Gasteiger partial charge is 0.122 e. The molecule has 0 spiro atoms. The van der Waals surface area contributed by atoms with Crippen LogP contribution in [0.4, 0.5) is 0 Å². The van der Waals surface area contributed by atoms with Crippen LogP contribution in [0.15, 0.2) is 24.3 Å². The summed E-state index contributed by atoms with van der Waals surface area (Å²) in [6.07, 6.45) is 9.45. The van der Waals surface area contributed by atoms with Gasteiger partial charge in [-0.3, -0.25) is 0 Å². The van der Waals surface area contributed by atoms with Crippen LogP contribution in [0.1, 0.15) is 63.4 Å². The number of fused-ring (bicyclic) bond motifs is 1. The Hall–Kier alpha value is -1.02. The Bertz CT molecular complexity index is 439. The monoisotopic (exact) mass is 287 g/mol. The molecule has 1 N–H and O–H groups in total. The second-order valence-corrected chi connectivity index (χ2v) is 6.66. The summed E-state index contributed by atoms with van der Waals surface area (Å²) in [5.41, 5.74) is 1.43. The summed E-state index contributed by atoms with van der Waals surface area (Å²) in [7, 11) is 0. The third-order valence-corrected chi connectivity index (χ3v) is 5.23. The lowest BCUT2D eigenvalue weighted by atomic mass is 9.74. The minimum atomic E-state index is 0.629. The van der Waals surface area contributed by atoms with Crippen LogP contribution in [-0.2, 0) is 0 Å². The first-order chi connectivity index (χ1) is 10.4. The van der Waals surface area contributed by atoms with Gasteiger partial charge in [0, 0.05) is 12.0 Å². The molecule has 1 aliphatic heterocycles. The van der Waals surface area contributed by atoms with Crippen LogP contribution >= 0.6 is 0 Å². The first kappa shape index (κ1) is 14.9. The second-order valence-electron chi connectivity index (χ2n) is 6.66. The van der Waals surface area contributed by atoms with E-state index >= 15 is 0 Å². The Labute approximate surface area is 129 Å². The molecule has 0 aromatic heterocycles. The first-order valence-electron chi connectivity index (χ1n) is 8.85. The number of ether oxygens (including phenoxy) is 1. The summed E-state index contributed by atoms with van der Waals surface area (Å²) in [6.45, 7) is 4.28. The molecule has 1 saturated carbocycles. The number of nitrogens with one attached hydrogen (secondary N) is 1. The van der Waals surface area contributed by atoms with Crippen molar-refractivity contribution in [2.24, 2.45) is 5.92 Å². The third-order valence-electron chi connectivity index (χ3n) is 5.23. The molecule has 2 heteroatoms. The average Bonchev–Trinajstić information content (AvgIpc) is 2.56. The van der Waals surface area contributed by atoms with Crippen molar-refractivity contribution in [3.8, 4) is 5.75 Å². The van der Waals surface area contributed by atoms with Crippen LogP contribution in [0.3, 0.4) is 0 Å². The highest BCUT2D eigenvalue weighted by Gasteiger charge is 2.34. The lowest BCUT2D eigenvalue weighted by Gasteiger charge is -2.39. The van der Waals surface area contributed by atoms with Gasteiger partial charge in [-0.05, 0) is 49.8 Å². The SMILES string of the molecule is CCCNC(C1CCCCC1)C1CCOc2ccccc21. The fourth-order valence-corrected chi connectivity index (χ4v) is 4.18. The van der Waals surface area contributed by atoms with Gasteiger partial charge in [0.15, 0.2) is 0 Å². The van der Waals surface area contributed by atoms with E-state index < -0.39 is 0 Å². The van der Waals surface area contributed by atoms with Gasteiger partial charge in [-0.25, -0.2) is 0 Å². The van der Waals surface area contributed by atoms with Crippen molar-refractivity contribution in [3.63, 3.8) is 0 Å².